The fourth-order valence-corrected chi connectivity index (χ4v) is 1.58. The van der Waals surface area contributed by atoms with Gasteiger partial charge in [0, 0.05) is 31.6 Å². The minimum absolute atomic E-state index is 0.649. The number of rotatable bonds is 2. The lowest BCUT2D eigenvalue weighted by atomic mass is 10.8. The number of hydrogen-bond donors (Lipinski definition) is 0. The summed E-state index contributed by atoms with van der Waals surface area (Å²) in [5.41, 5.74) is 0. The van der Waals surface area contributed by atoms with E-state index >= 15 is 0 Å². The zero-order valence-electron chi connectivity index (χ0n) is 24.4. The lowest BCUT2D eigenvalue weighted by Gasteiger charge is -2.21. The van der Waals surface area contributed by atoms with E-state index < -0.39 is 61.3 Å². The maximum Gasteiger partial charge on any atom is 0.243 e. The van der Waals surface area contributed by atoms with Crippen LogP contribution in [0.3, 0.4) is 0 Å². The first-order chi connectivity index (χ1) is 12.6. The predicted octanol–water partition coefficient (Wildman–Crippen LogP) is 3.09. The van der Waals surface area contributed by atoms with Crippen LogP contribution in [0.1, 0.15) is 31.6 Å². The van der Waals surface area contributed by atoms with Gasteiger partial charge in [0.2, 0.25) is 8.32 Å². The summed E-state index contributed by atoms with van der Waals surface area (Å²) >= 11 is 0. The highest BCUT2D eigenvalue weighted by Crippen LogP contribution is 2.07. The van der Waals surface area contributed by atoms with Crippen LogP contribution >= 0.6 is 0 Å². The molecule has 0 aromatic heterocycles. The first-order valence-corrected chi connectivity index (χ1v) is 6.71. The molecule has 0 aliphatic carbocycles. The fourth-order valence-electron chi connectivity index (χ4n) is 0.481. The molecule has 0 radical (unpaired) electrons. The Labute approximate surface area is 104 Å². The third-order valence-electron chi connectivity index (χ3n) is 0.626. The first kappa shape index (κ1) is 1.69. The summed E-state index contributed by atoms with van der Waals surface area (Å²) in [6.45, 7) is -21.6. The largest absolute Gasteiger partial charge is 0.535 e. The zero-order chi connectivity index (χ0) is 25.0. The second kappa shape index (κ2) is 3.74. The quantitative estimate of drug-likeness (QED) is 0.399. The lowest BCUT2D eigenvalue weighted by molar-refractivity contribution is 0.549. The molecule has 0 unspecified atom stereocenters. The molecular weight excluding hydrogens is 182 g/mol. The summed E-state index contributed by atoms with van der Waals surface area (Å²) in [5, 5.41) is 0. The van der Waals surface area contributed by atoms with E-state index in [1.54, 1.807) is 0 Å². The van der Waals surface area contributed by atoms with Gasteiger partial charge in [-0.3, -0.25) is 4.66 Å². The maximum absolute atomic E-state index is 7.53. The van der Waals surface area contributed by atoms with Gasteiger partial charge in [-0.2, -0.15) is 0 Å². The minimum atomic E-state index is -5.90. The lowest BCUT2D eigenvalue weighted by Crippen LogP contribution is -2.30. The zero-order valence-corrected chi connectivity index (χ0v) is 8.36. The average Bonchev–Trinajstić information content (AvgIpc) is 2.33. The molecule has 0 aromatic rings. The molecule has 0 spiro atoms. The molecule has 0 rings (SSSR count). The molecule has 4 heteroatoms. The van der Waals surface area contributed by atoms with Crippen molar-refractivity contribution in [2.24, 2.45) is 4.66 Å². The standard InChI is InChI=1S/C8H21NOSi2/c1-8(9-11(2,3)4)10-12(5,6)7/h1-7H3/b9-8-/i2D3,3D3,4D3,5D3,6D3,7D3. The van der Waals surface area contributed by atoms with Gasteiger partial charge in [-0.1, -0.05) is 0 Å². The Kier molecular flexibility index (Phi) is 0.528. The van der Waals surface area contributed by atoms with Gasteiger partial charge in [0.25, 0.3) is 0 Å². The van der Waals surface area contributed by atoms with Crippen LogP contribution in [0, 0.1) is 0 Å². The van der Waals surface area contributed by atoms with E-state index in [9.17, 15) is 0 Å². The molecule has 0 atom stereocenters. The van der Waals surface area contributed by atoms with Crippen molar-refractivity contribution in [2.45, 2.75) is 45.8 Å². The highest BCUT2D eigenvalue weighted by Gasteiger charge is 2.18. The molecule has 0 amide bonds. The summed E-state index contributed by atoms with van der Waals surface area (Å²) < 4.78 is 144. The molecule has 2 nitrogen and oxygen atoms in total. The van der Waals surface area contributed by atoms with Crippen molar-refractivity contribution in [1.82, 2.24) is 0 Å². The molecule has 0 fully saturated rings. The van der Waals surface area contributed by atoms with E-state index in [1.807, 2.05) is 0 Å². The number of hydrogen-bond acceptors (Lipinski definition) is 2. The van der Waals surface area contributed by atoms with Crippen LogP contribution in [0.25, 0.3) is 0 Å². The smallest absolute Gasteiger partial charge is 0.243 e. The van der Waals surface area contributed by atoms with Crippen molar-refractivity contribution in [3.05, 3.63) is 0 Å². The summed E-state index contributed by atoms with van der Waals surface area (Å²) in [6, 6.07) is 0. The van der Waals surface area contributed by atoms with Crippen LogP contribution in [-0.4, -0.2) is 22.5 Å². The highest BCUT2D eigenvalue weighted by atomic mass is 28.4. The second-order valence-electron chi connectivity index (χ2n) is 2.12. The Hall–Kier alpha value is -0.0962. The fraction of sp³-hybridized carbons (Fsp3) is 0.875. The monoisotopic (exact) mass is 221 g/mol. The topological polar surface area (TPSA) is 21.6 Å². The molecule has 72 valence electrons. The van der Waals surface area contributed by atoms with Gasteiger partial charge in [-0.25, -0.2) is 0 Å². The van der Waals surface area contributed by atoms with Gasteiger partial charge in [-0.05, 0) is 38.9 Å². The van der Waals surface area contributed by atoms with Gasteiger partial charge in [0.1, 0.15) is 0 Å². The summed E-state index contributed by atoms with van der Waals surface area (Å²) in [7, 11) is -11.7. The van der Waals surface area contributed by atoms with E-state index in [0.717, 1.165) is 0 Å². The molecule has 0 aromatic carbocycles. The van der Waals surface area contributed by atoms with Crippen LogP contribution in [0.4, 0.5) is 0 Å². The van der Waals surface area contributed by atoms with E-state index in [1.165, 1.54) is 0 Å². The summed E-state index contributed by atoms with van der Waals surface area (Å²) in [4.78, 5) is 0. The summed E-state index contributed by atoms with van der Waals surface area (Å²) in [5.74, 6) is -1.24. The van der Waals surface area contributed by atoms with Crippen molar-refractivity contribution in [2.75, 3.05) is 0 Å². The average molecular weight is 222 g/mol. The minimum Gasteiger partial charge on any atom is -0.535 e. The van der Waals surface area contributed by atoms with Crippen LogP contribution in [0.5, 0.6) is 0 Å². The van der Waals surface area contributed by atoms with Crippen molar-refractivity contribution in [3.8, 4) is 0 Å². The Morgan fingerprint density at radius 3 is 2.17 bits per heavy atom. The SMILES string of the molecule is [2H]C([2H])([2H])[Si](/N=C(/C)O[Si](C([2H])([2H])[2H])(C([2H])([2H])[2H])C([2H])([2H])[2H])(C([2H])([2H])[2H])C([2H])([2H])[2H]. The summed E-state index contributed by atoms with van der Waals surface area (Å²) in [6.07, 6.45) is 0. The van der Waals surface area contributed by atoms with Gasteiger partial charge in [-0.15, -0.1) is 0 Å². The predicted molar refractivity (Wildman–Crippen MR) is 60.9 cm³/mol. The molecular formula is C8H21NOSi2. The van der Waals surface area contributed by atoms with E-state index in [2.05, 4.69) is 4.66 Å². The van der Waals surface area contributed by atoms with Crippen LogP contribution < -0.4 is 0 Å². The van der Waals surface area contributed by atoms with Gasteiger partial charge >= 0.3 is 0 Å². The Bertz CT molecular complexity index is 572. The third kappa shape index (κ3) is 8.00. The Balaban J connectivity index is 7.18. The molecule has 0 saturated carbocycles. The van der Waals surface area contributed by atoms with Crippen molar-refractivity contribution in [1.29, 1.82) is 0 Å². The molecule has 0 heterocycles. The van der Waals surface area contributed by atoms with Gasteiger partial charge < -0.3 is 4.43 Å². The molecule has 0 aliphatic heterocycles. The Morgan fingerprint density at radius 1 is 1.17 bits per heavy atom. The highest BCUT2D eigenvalue weighted by molar-refractivity contribution is 6.76. The van der Waals surface area contributed by atoms with Gasteiger partial charge in [0.15, 0.2) is 14.1 Å². The van der Waals surface area contributed by atoms with Crippen molar-refractivity contribution < 1.29 is 29.1 Å². The van der Waals surface area contributed by atoms with Crippen LogP contribution in [0.15, 0.2) is 4.66 Å². The van der Waals surface area contributed by atoms with Crippen LogP contribution in [0.2, 0.25) is 38.9 Å². The van der Waals surface area contributed by atoms with Crippen molar-refractivity contribution >= 4 is 22.5 Å². The molecule has 0 N–H and O–H groups in total. The second-order valence-corrected chi connectivity index (χ2v) is 5.34. The van der Waals surface area contributed by atoms with E-state index in [4.69, 9.17) is 29.1 Å². The molecule has 12 heavy (non-hydrogen) atoms. The first-order valence-electron chi connectivity index (χ1n) is 11.9. The maximum atomic E-state index is 7.53. The van der Waals surface area contributed by atoms with E-state index in [0.29, 0.717) is 6.92 Å². The third-order valence-corrected chi connectivity index (χ3v) is 1.88. The van der Waals surface area contributed by atoms with Gasteiger partial charge in [0.05, 0.1) is 0 Å². The molecule has 0 saturated heterocycles. The Morgan fingerprint density at radius 2 is 1.75 bits per heavy atom. The normalized spacial score (nSPS) is 43.2. The van der Waals surface area contributed by atoms with Crippen molar-refractivity contribution in [3.63, 3.8) is 0 Å². The van der Waals surface area contributed by atoms with E-state index in [-0.39, 0.29) is 0 Å². The van der Waals surface area contributed by atoms with Crippen LogP contribution in [-0.2, 0) is 4.43 Å². The molecule has 0 aliphatic rings. The number of nitrogens with zero attached hydrogens (tertiary/aromatic N) is 1. The molecule has 0 bridgehead atoms.